The molecule has 0 aliphatic carbocycles. The number of rotatable bonds is 3. The zero-order valence-corrected chi connectivity index (χ0v) is 13.4. The van der Waals surface area contributed by atoms with Crippen molar-refractivity contribution in [2.45, 2.75) is 45.7 Å². The molecule has 0 aliphatic rings. The number of hydrogen-bond donors (Lipinski definition) is 1. The first-order valence-electron chi connectivity index (χ1n) is 7.67. The summed E-state index contributed by atoms with van der Waals surface area (Å²) in [5, 5.41) is 2.67. The lowest BCUT2D eigenvalue weighted by Crippen LogP contribution is -2.34. The molecule has 0 saturated carbocycles. The summed E-state index contributed by atoms with van der Waals surface area (Å²) < 4.78 is 2.42. The van der Waals surface area contributed by atoms with E-state index < -0.39 is 0 Å². The summed E-state index contributed by atoms with van der Waals surface area (Å²) in [6, 6.07) is 15.9. The van der Waals surface area contributed by atoms with E-state index in [0.717, 1.165) is 6.42 Å². The maximum Gasteiger partial charge on any atom is 0.0493 e. The van der Waals surface area contributed by atoms with Gasteiger partial charge in [0, 0.05) is 33.4 Å². The van der Waals surface area contributed by atoms with Crippen LogP contribution in [0.15, 0.2) is 42.5 Å². The molecule has 21 heavy (non-hydrogen) atoms. The van der Waals surface area contributed by atoms with Crippen LogP contribution in [-0.4, -0.2) is 10.1 Å². The van der Waals surface area contributed by atoms with Gasteiger partial charge >= 0.3 is 0 Å². The van der Waals surface area contributed by atoms with Gasteiger partial charge in [-0.25, -0.2) is 0 Å². The van der Waals surface area contributed by atoms with Gasteiger partial charge in [-0.3, -0.25) is 0 Å². The minimum atomic E-state index is -0.176. The number of benzene rings is 2. The Morgan fingerprint density at radius 2 is 1.67 bits per heavy atom. The van der Waals surface area contributed by atoms with Crippen molar-refractivity contribution in [2.24, 2.45) is 5.73 Å². The van der Waals surface area contributed by atoms with Crippen LogP contribution in [0, 0.1) is 0 Å². The second-order valence-corrected chi connectivity index (χ2v) is 7.00. The Balaban J connectivity index is 2.28. The Labute approximate surface area is 126 Å². The Bertz CT molecular complexity index is 788. The smallest absolute Gasteiger partial charge is 0.0493 e. The van der Waals surface area contributed by atoms with E-state index in [2.05, 4.69) is 74.7 Å². The van der Waals surface area contributed by atoms with Crippen molar-refractivity contribution in [3.8, 4) is 0 Å². The van der Waals surface area contributed by atoms with Crippen LogP contribution in [0.1, 0.15) is 39.3 Å². The van der Waals surface area contributed by atoms with Crippen LogP contribution in [0.25, 0.3) is 21.8 Å². The molecule has 0 bridgehead atoms. The van der Waals surface area contributed by atoms with Gasteiger partial charge in [0.25, 0.3) is 0 Å². The molecular formula is C19H24N2. The van der Waals surface area contributed by atoms with Gasteiger partial charge < -0.3 is 10.3 Å². The Hall–Kier alpha value is -1.80. The fourth-order valence-corrected chi connectivity index (χ4v) is 3.24. The second-order valence-electron chi connectivity index (χ2n) is 7.00. The van der Waals surface area contributed by atoms with Crippen molar-refractivity contribution in [1.82, 2.24) is 4.57 Å². The van der Waals surface area contributed by atoms with Crippen LogP contribution < -0.4 is 5.73 Å². The minimum Gasteiger partial charge on any atom is -0.338 e. The third-order valence-electron chi connectivity index (χ3n) is 3.95. The molecule has 2 N–H and O–H groups in total. The Kier molecular flexibility index (Phi) is 3.29. The largest absolute Gasteiger partial charge is 0.338 e. The van der Waals surface area contributed by atoms with Gasteiger partial charge in [0.15, 0.2) is 0 Å². The van der Waals surface area contributed by atoms with Crippen LogP contribution in [-0.2, 0) is 6.42 Å². The number of hydrogen-bond acceptors (Lipinski definition) is 1. The van der Waals surface area contributed by atoms with Crippen molar-refractivity contribution >= 4 is 21.8 Å². The molecule has 0 amide bonds. The molecule has 0 saturated heterocycles. The van der Waals surface area contributed by atoms with E-state index in [0.29, 0.717) is 6.04 Å². The van der Waals surface area contributed by atoms with Gasteiger partial charge in [0.2, 0.25) is 0 Å². The second kappa shape index (κ2) is 4.88. The van der Waals surface area contributed by atoms with Crippen LogP contribution in [0.2, 0.25) is 0 Å². The van der Waals surface area contributed by atoms with Gasteiger partial charge in [-0.2, -0.15) is 0 Å². The zero-order chi connectivity index (χ0) is 15.2. The molecule has 0 unspecified atom stereocenters. The van der Waals surface area contributed by atoms with Gasteiger partial charge in [-0.05, 0) is 57.9 Å². The van der Waals surface area contributed by atoms with Gasteiger partial charge in [0.05, 0.1) is 0 Å². The summed E-state index contributed by atoms with van der Waals surface area (Å²) >= 11 is 0. The average Bonchev–Trinajstić information content (AvgIpc) is 2.71. The number of aromatic nitrogens is 1. The van der Waals surface area contributed by atoms with Crippen molar-refractivity contribution in [2.75, 3.05) is 0 Å². The van der Waals surface area contributed by atoms with Crippen LogP contribution in [0.4, 0.5) is 0 Å². The molecule has 1 aromatic heterocycles. The first kappa shape index (κ1) is 14.2. The van der Waals surface area contributed by atoms with E-state index in [1.54, 1.807) is 0 Å². The summed E-state index contributed by atoms with van der Waals surface area (Å²) in [5.74, 6) is 0. The van der Waals surface area contributed by atoms with Crippen LogP contribution >= 0.6 is 0 Å². The van der Waals surface area contributed by atoms with E-state index >= 15 is 0 Å². The lowest BCUT2D eigenvalue weighted by atomic mass is 9.95. The molecule has 1 heterocycles. The molecule has 2 nitrogen and oxygen atoms in total. The third kappa shape index (κ3) is 2.56. The number of fused-ring (bicyclic) bond motifs is 3. The summed E-state index contributed by atoms with van der Waals surface area (Å²) in [6.07, 6.45) is 0.893. The van der Waals surface area contributed by atoms with Gasteiger partial charge in [-0.1, -0.05) is 24.3 Å². The normalized spacial score (nSPS) is 12.7. The van der Waals surface area contributed by atoms with E-state index in [-0.39, 0.29) is 5.54 Å². The number of nitrogens with two attached hydrogens (primary N) is 1. The van der Waals surface area contributed by atoms with Crippen LogP contribution in [0.5, 0.6) is 0 Å². The molecule has 3 aromatic rings. The molecule has 0 aliphatic heterocycles. The van der Waals surface area contributed by atoms with Crippen molar-refractivity contribution < 1.29 is 0 Å². The Morgan fingerprint density at radius 1 is 1.00 bits per heavy atom. The maximum absolute atomic E-state index is 6.17. The maximum atomic E-state index is 6.17. The lowest BCUT2D eigenvalue weighted by Gasteiger charge is -2.18. The predicted octanol–water partition coefficient (Wildman–Crippen LogP) is 4.66. The van der Waals surface area contributed by atoms with E-state index in [1.165, 1.54) is 27.4 Å². The molecule has 0 fully saturated rings. The highest BCUT2D eigenvalue weighted by atomic mass is 15.0. The Morgan fingerprint density at radius 3 is 2.33 bits per heavy atom. The molecule has 0 atom stereocenters. The third-order valence-corrected chi connectivity index (χ3v) is 3.95. The fourth-order valence-electron chi connectivity index (χ4n) is 3.24. The van der Waals surface area contributed by atoms with Gasteiger partial charge in [0.1, 0.15) is 0 Å². The van der Waals surface area contributed by atoms with Crippen molar-refractivity contribution in [3.05, 3.63) is 48.0 Å². The summed E-state index contributed by atoms with van der Waals surface area (Å²) in [6.45, 7) is 8.63. The number of nitrogens with zero attached hydrogens (tertiary/aromatic N) is 1. The first-order chi connectivity index (χ1) is 9.87. The van der Waals surface area contributed by atoms with Crippen molar-refractivity contribution in [3.63, 3.8) is 0 Å². The van der Waals surface area contributed by atoms with Crippen molar-refractivity contribution in [1.29, 1.82) is 0 Å². The topological polar surface area (TPSA) is 30.9 Å². The highest BCUT2D eigenvalue weighted by Crippen LogP contribution is 2.32. The van der Waals surface area contributed by atoms with E-state index in [9.17, 15) is 0 Å². The van der Waals surface area contributed by atoms with Gasteiger partial charge in [-0.15, -0.1) is 0 Å². The highest BCUT2D eigenvalue weighted by molar-refractivity contribution is 6.08. The molecule has 2 aromatic carbocycles. The molecule has 0 radical (unpaired) electrons. The van der Waals surface area contributed by atoms with Crippen LogP contribution in [0.3, 0.4) is 0 Å². The minimum absolute atomic E-state index is 0.176. The SMILES string of the molecule is CC(C)n1c2ccccc2c2cc(CC(C)(C)N)ccc21. The highest BCUT2D eigenvalue weighted by Gasteiger charge is 2.15. The molecule has 0 spiro atoms. The summed E-state index contributed by atoms with van der Waals surface area (Å²) in [7, 11) is 0. The summed E-state index contributed by atoms with van der Waals surface area (Å²) in [5.41, 5.74) is 9.92. The number of para-hydroxylation sites is 1. The monoisotopic (exact) mass is 280 g/mol. The molecular weight excluding hydrogens is 256 g/mol. The predicted molar refractivity (Wildman–Crippen MR) is 91.8 cm³/mol. The quantitative estimate of drug-likeness (QED) is 0.743. The lowest BCUT2D eigenvalue weighted by molar-refractivity contribution is 0.517. The fraction of sp³-hybridized carbons (Fsp3) is 0.368. The zero-order valence-electron chi connectivity index (χ0n) is 13.4. The molecule has 3 rings (SSSR count). The van der Waals surface area contributed by atoms with E-state index in [4.69, 9.17) is 5.73 Å². The summed E-state index contributed by atoms with van der Waals surface area (Å²) in [4.78, 5) is 0. The first-order valence-corrected chi connectivity index (χ1v) is 7.67. The molecule has 2 heteroatoms. The van der Waals surface area contributed by atoms with E-state index in [1.807, 2.05) is 0 Å². The standard InChI is InChI=1S/C19H24N2/c1-13(2)21-17-8-6-5-7-15(17)16-11-14(9-10-18(16)21)12-19(3,4)20/h5-11,13H,12,20H2,1-4H3. The average molecular weight is 280 g/mol. The molecule has 110 valence electrons.